The largest absolute Gasteiger partial charge is 0.329 e. The summed E-state index contributed by atoms with van der Waals surface area (Å²) in [5.41, 5.74) is 8.76. The van der Waals surface area contributed by atoms with Crippen LogP contribution in [0.1, 0.15) is 57.2 Å². The molecule has 0 bridgehead atoms. The first-order chi connectivity index (χ1) is 9.58. The number of unbranched alkanes of at least 4 members (excludes halogenated alkanes) is 2. The molecule has 2 nitrogen and oxygen atoms in total. The van der Waals surface area contributed by atoms with Gasteiger partial charge in [0.05, 0.1) is 0 Å². The van der Waals surface area contributed by atoms with Gasteiger partial charge in [-0.05, 0) is 43.5 Å². The summed E-state index contributed by atoms with van der Waals surface area (Å²) in [6.07, 6.45) is 4.98. The molecule has 1 aromatic carbocycles. The standard InChI is InChI=1S/C18H32N2/c1-5-6-7-12-20(4)18(14-19)17-10-8-16(9-11-17)13-15(2)3/h8-11,15,18H,5-7,12-14,19H2,1-4H3. The summed E-state index contributed by atoms with van der Waals surface area (Å²) in [7, 11) is 2.19. The maximum absolute atomic E-state index is 5.99. The summed E-state index contributed by atoms with van der Waals surface area (Å²) in [4.78, 5) is 2.40. The molecular formula is C18H32N2. The lowest BCUT2D eigenvalue weighted by Crippen LogP contribution is -2.31. The highest BCUT2D eigenvalue weighted by molar-refractivity contribution is 5.25. The van der Waals surface area contributed by atoms with Crippen molar-refractivity contribution in [3.8, 4) is 0 Å². The first kappa shape index (κ1) is 17.2. The Morgan fingerprint density at radius 2 is 1.75 bits per heavy atom. The summed E-state index contributed by atoms with van der Waals surface area (Å²) in [6, 6.07) is 9.38. The first-order valence-corrected chi connectivity index (χ1v) is 8.07. The van der Waals surface area contributed by atoms with E-state index in [-0.39, 0.29) is 0 Å². The van der Waals surface area contributed by atoms with E-state index in [2.05, 4.69) is 57.0 Å². The van der Waals surface area contributed by atoms with Crippen molar-refractivity contribution in [2.75, 3.05) is 20.1 Å². The minimum absolute atomic E-state index is 0.347. The number of likely N-dealkylation sites (N-methyl/N-ethyl adjacent to an activating group) is 1. The molecule has 0 saturated carbocycles. The Balaban J connectivity index is 2.64. The van der Waals surface area contributed by atoms with Gasteiger partial charge < -0.3 is 5.73 Å². The zero-order valence-electron chi connectivity index (χ0n) is 13.7. The third kappa shape index (κ3) is 5.64. The Hall–Kier alpha value is -0.860. The van der Waals surface area contributed by atoms with Gasteiger partial charge in [-0.2, -0.15) is 0 Å². The minimum Gasteiger partial charge on any atom is -0.329 e. The smallest absolute Gasteiger partial charge is 0.0467 e. The Kier molecular flexibility index (Phi) is 7.86. The fourth-order valence-corrected chi connectivity index (χ4v) is 2.68. The van der Waals surface area contributed by atoms with E-state index in [1.807, 2.05) is 0 Å². The molecule has 0 heterocycles. The van der Waals surface area contributed by atoms with Gasteiger partial charge in [-0.25, -0.2) is 0 Å². The third-order valence-electron chi connectivity index (χ3n) is 3.88. The molecule has 0 aliphatic carbocycles. The van der Waals surface area contributed by atoms with Gasteiger partial charge in [0.2, 0.25) is 0 Å². The molecule has 0 aliphatic heterocycles. The van der Waals surface area contributed by atoms with Crippen LogP contribution in [0, 0.1) is 5.92 Å². The summed E-state index contributed by atoms with van der Waals surface area (Å²) in [6.45, 7) is 8.58. The van der Waals surface area contributed by atoms with Crippen LogP contribution >= 0.6 is 0 Å². The van der Waals surface area contributed by atoms with Crippen LogP contribution in [0.5, 0.6) is 0 Å². The Labute approximate surface area is 125 Å². The van der Waals surface area contributed by atoms with Gasteiger partial charge in [0.1, 0.15) is 0 Å². The van der Waals surface area contributed by atoms with Gasteiger partial charge >= 0.3 is 0 Å². The van der Waals surface area contributed by atoms with E-state index in [1.165, 1.54) is 30.4 Å². The lowest BCUT2D eigenvalue weighted by Gasteiger charge is -2.27. The second-order valence-electron chi connectivity index (χ2n) is 6.28. The molecule has 0 aliphatic rings. The van der Waals surface area contributed by atoms with Gasteiger partial charge in [0.15, 0.2) is 0 Å². The van der Waals surface area contributed by atoms with Crippen molar-refractivity contribution in [2.24, 2.45) is 11.7 Å². The quantitative estimate of drug-likeness (QED) is 0.691. The highest BCUT2D eigenvalue weighted by Crippen LogP contribution is 2.20. The van der Waals surface area contributed by atoms with E-state index in [0.29, 0.717) is 18.5 Å². The second-order valence-corrected chi connectivity index (χ2v) is 6.28. The summed E-state index contributed by atoms with van der Waals surface area (Å²) >= 11 is 0. The molecule has 1 aromatic rings. The molecule has 0 radical (unpaired) electrons. The van der Waals surface area contributed by atoms with Gasteiger partial charge in [-0.1, -0.05) is 57.9 Å². The number of nitrogens with zero attached hydrogens (tertiary/aromatic N) is 1. The molecule has 0 fully saturated rings. The average Bonchev–Trinajstić information content (AvgIpc) is 2.41. The second kappa shape index (κ2) is 9.15. The Morgan fingerprint density at radius 1 is 1.10 bits per heavy atom. The topological polar surface area (TPSA) is 29.3 Å². The molecule has 0 spiro atoms. The summed E-state index contributed by atoms with van der Waals surface area (Å²) < 4.78 is 0. The van der Waals surface area contributed by atoms with Crippen molar-refractivity contribution in [1.82, 2.24) is 4.90 Å². The predicted molar refractivity (Wildman–Crippen MR) is 88.9 cm³/mol. The molecule has 0 amide bonds. The van der Waals surface area contributed by atoms with E-state index in [4.69, 9.17) is 5.73 Å². The number of benzene rings is 1. The fraction of sp³-hybridized carbons (Fsp3) is 0.667. The molecule has 20 heavy (non-hydrogen) atoms. The molecular weight excluding hydrogens is 244 g/mol. The SMILES string of the molecule is CCCCCN(C)C(CN)c1ccc(CC(C)C)cc1. The molecule has 1 atom stereocenters. The van der Waals surface area contributed by atoms with Crippen molar-refractivity contribution in [1.29, 1.82) is 0 Å². The highest BCUT2D eigenvalue weighted by atomic mass is 15.1. The molecule has 114 valence electrons. The Bertz CT molecular complexity index is 356. The third-order valence-corrected chi connectivity index (χ3v) is 3.88. The van der Waals surface area contributed by atoms with E-state index >= 15 is 0 Å². The van der Waals surface area contributed by atoms with E-state index in [0.717, 1.165) is 13.0 Å². The predicted octanol–water partition coefficient (Wildman–Crippen LogP) is 4.01. The normalized spacial score (nSPS) is 13.2. The van der Waals surface area contributed by atoms with Gasteiger partial charge in [-0.15, -0.1) is 0 Å². The lowest BCUT2D eigenvalue weighted by atomic mass is 9.99. The highest BCUT2D eigenvalue weighted by Gasteiger charge is 2.14. The monoisotopic (exact) mass is 276 g/mol. The maximum atomic E-state index is 5.99. The Morgan fingerprint density at radius 3 is 2.25 bits per heavy atom. The zero-order valence-corrected chi connectivity index (χ0v) is 13.7. The molecule has 0 saturated heterocycles. The van der Waals surface area contributed by atoms with E-state index in [9.17, 15) is 0 Å². The van der Waals surface area contributed by atoms with Gasteiger partial charge in [0.25, 0.3) is 0 Å². The van der Waals surface area contributed by atoms with Crippen LogP contribution in [-0.2, 0) is 6.42 Å². The zero-order chi connectivity index (χ0) is 15.0. The van der Waals surface area contributed by atoms with Crippen LogP contribution in [-0.4, -0.2) is 25.0 Å². The van der Waals surface area contributed by atoms with Crippen LogP contribution in [0.3, 0.4) is 0 Å². The first-order valence-electron chi connectivity index (χ1n) is 8.07. The van der Waals surface area contributed by atoms with Crippen molar-refractivity contribution in [2.45, 2.75) is 52.5 Å². The molecule has 2 heteroatoms. The average molecular weight is 276 g/mol. The van der Waals surface area contributed by atoms with E-state index < -0.39 is 0 Å². The van der Waals surface area contributed by atoms with Crippen molar-refractivity contribution in [3.05, 3.63) is 35.4 Å². The van der Waals surface area contributed by atoms with Crippen molar-refractivity contribution in [3.63, 3.8) is 0 Å². The number of nitrogens with two attached hydrogens (primary N) is 1. The minimum atomic E-state index is 0.347. The summed E-state index contributed by atoms with van der Waals surface area (Å²) in [5, 5.41) is 0. The van der Waals surface area contributed by atoms with Crippen LogP contribution < -0.4 is 5.73 Å². The molecule has 1 unspecified atom stereocenters. The van der Waals surface area contributed by atoms with Gasteiger partial charge in [0, 0.05) is 12.6 Å². The lowest BCUT2D eigenvalue weighted by molar-refractivity contribution is 0.245. The van der Waals surface area contributed by atoms with Crippen LogP contribution in [0.15, 0.2) is 24.3 Å². The van der Waals surface area contributed by atoms with Crippen LogP contribution in [0.2, 0.25) is 0 Å². The van der Waals surface area contributed by atoms with Crippen LogP contribution in [0.4, 0.5) is 0 Å². The fourth-order valence-electron chi connectivity index (χ4n) is 2.68. The number of hydrogen-bond donors (Lipinski definition) is 1. The van der Waals surface area contributed by atoms with E-state index in [1.54, 1.807) is 0 Å². The molecule has 0 aromatic heterocycles. The number of hydrogen-bond acceptors (Lipinski definition) is 2. The van der Waals surface area contributed by atoms with Gasteiger partial charge in [-0.3, -0.25) is 4.90 Å². The maximum Gasteiger partial charge on any atom is 0.0467 e. The molecule has 1 rings (SSSR count). The molecule has 2 N–H and O–H groups in total. The number of rotatable bonds is 9. The van der Waals surface area contributed by atoms with Crippen molar-refractivity contribution < 1.29 is 0 Å². The van der Waals surface area contributed by atoms with Crippen LogP contribution in [0.25, 0.3) is 0 Å². The summed E-state index contributed by atoms with van der Waals surface area (Å²) in [5.74, 6) is 0.711. The van der Waals surface area contributed by atoms with Crippen molar-refractivity contribution >= 4 is 0 Å².